The number of anilines is 2. The SMILES string of the molecule is c1ccc(-c2ccc(-c3ccccc3Nc3ccc(-c4ccc5c(c4)c4ccccc4n5-c4ccccc4)cc3)cc2)cc1. The molecule has 0 radical (unpaired) electrons. The van der Waals surface area contributed by atoms with Crippen LogP contribution in [-0.2, 0) is 0 Å². The third-order valence-corrected chi connectivity index (χ3v) is 8.41. The van der Waals surface area contributed by atoms with Crippen LogP contribution in [0.3, 0.4) is 0 Å². The lowest BCUT2D eigenvalue weighted by Gasteiger charge is -2.14. The summed E-state index contributed by atoms with van der Waals surface area (Å²) in [5.41, 5.74) is 13.0. The molecular weight excluding hydrogens is 532 g/mol. The maximum atomic E-state index is 3.67. The summed E-state index contributed by atoms with van der Waals surface area (Å²) in [6, 6.07) is 62.6. The Bertz CT molecular complexity index is 2210. The van der Waals surface area contributed by atoms with Crippen molar-refractivity contribution in [3.8, 4) is 39.1 Å². The first-order valence-corrected chi connectivity index (χ1v) is 15.0. The summed E-state index contributed by atoms with van der Waals surface area (Å²) in [7, 11) is 0. The number of benzene rings is 7. The second-order valence-corrected chi connectivity index (χ2v) is 11.1. The smallest absolute Gasteiger partial charge is 0.0541 e. The molecule has 0 unspecified atom stereocenters. The van der Waals surface area contributed by atoms with E-state index < -0.39 is 0 Å². The summed E-state index contributed by atoms with van der Waals surface area (Å²) in [6.07, 6.45) is 0. The zero-order valence-corrected chi connectivity index (χ0v) is 24.2. The van der Waals surface area contributed by atoms with E-state index in [0.29, 0.717) is 0 Å². The molecule has 0 saturated carbocycles. The number of fused-ring (bicyclic) bond motifs is 3. The number of rotatable bonds is 6. The van der Waals surface area contributed by atoms with Crippen molar-refractivity contribution in [1.82, 2.24) is 4.57 Å². The molecule has 0 aliphatic heterocycles. The van der Waals surface area contributed by atoms with Crippen LogP contribution in [0.1, 0.15) is 0 Å². The summed E-state index contributed by atoms with van der Waals surface area (Å²) in [5.74, 6) is 0. The van der Waals surface area contributed by atoms with Crippen molar-refractivity contribution in [3.05, 3.63) is 176 Å². The van der Waals surface area contributed by atoms with Gasteiger partial charge in [-0.25, -0.2) is 0 Å². The van der Waals surface area contributed by atoms with Crippen LogP contribution >= 0.6 is 0 Å². The van der Waals surface area contributed by atoms with Gasteiger partial charge >= 0.3 is 0 Å². The van der Waals surface area contributed by atoms with Crippen LogP contribution in [0.2, 0.25) is 0 Å². The minimum Gasteiger partial charge on any atom is -0.355 e. The minimum absolute atomic E-state index is 1.06. The van der Waals surface area contributed by atoms with E-state index in [9.17, 15) is 0 Å². The van der Waals surface area contributed by atoms with Gasteiger partial charge in [-0.15, -0.1) is 0 Å². The van der Waals surface area contributed by atoms with Crippen LogP contribution in [0.4, 0.5) is 11.4 Å². The van der Waals surface area contributed by atoms with E-state index >= 15 is 0 Å². The Hall–Kier alpha value is -5.86. The summed E-state index contributed by atoms with van der Waals surface area (Å²) < 4.78 is 2.36. The first-order chi connectivity index (χ1) is 21.8. The highest BCUT2D eigenvalue weighted by atomic mass is 15.0. The van der Waals surface area contributed by atoms with Crippen molar-refractivity contribution >= 4 is 33.2 Å². The van der Waals surface area contributed by atoms with Crippen LogP contribution in [-0.4, -0.2) is 4.57 Å². The van der Waals surface area contributed by atoms with Gasteiger partial charge in [-0.05, 0) is 76.3 Å². The van der Waals surface area contributed by atoms with Gasteiger partial charge in [-0.1, -0.05) is 127 Å². The molecule has 2 nitrogen and oxygen atoms in total. The van der Waals surface area contributed by atoms with Crippen molar-refractivity contribution in [2.45, 2.75) is 0 Å². The van der Waals surface area contributed by atoms with Gasteiger partial charge in [0.05, 0.1) is 11.0 Å². The van der Waals surface area contributed by atoms with Crippen molar-refractivity contribution < 1.29 is 0 Å². The van der Waals surface area contributed by atoms with Gasteiger partial charge in [0.25, 0.3) is 0 Å². The van der Waals surface area contributed by atoms with Crippen LogP contribution in [0.5, 0.6) is 0 Å². The normalized spacial score (nSPS) is 11.2. The Morgan fingerprint density at radius 1 is 0.364 bits per heavy atom. The van der Waals surface area contributed by atoms with Gasteiger partial charge in [0.2, 0.25) is 0 Å². The number of hydrogen-bond donors (Lipinski definition) is 1. The lowest BCUT2D eigenvalue weighted by molar-refractivity contribution is 1.18. The second-order valence-electron chi connectivity index (χ2n) is 11.1. The largest absolute Gasteiger partial charge is 0.355 e. The van der Waals surface area contributed by atoms with Gasteiger partial charge in [-0.3, -0.25) is 0 Å². The van der Waals surface area contributed by atoms with E-state index in [1.54, 1.807) is 0 Å². The fraction of sp³-hybridized carbons (Fsp3) is 0. The Balaban J connectivity index is 1.09. The second kappa shape index (κ2) is 11.1. The zero-order valence-electron chi connectivity index (χ0n) is 24.2. The highest BCUT2D eigenvalue weighted by Crippen LogP contribution is 2.36. The molecule has 44 heavy (non-hydrogen) atoms. The van der Waals surface area contributed by atoms with E-state index in [1.165, 1.54) is 60.9 Å². The van der Waals surface area contributed by atoms with Gasteiger partial charge in [0, 0.05) is 33.4 Å². The predicted octanol–water partition coefficient (Wildman–Crippen LogP) is 11.5. The number of para-hydroxylation sites is 3. The van der Waals surface area contributed by atoms with E-state index in [1.807, 2.05) is 0 Å². The molecular formula is C42H30N2. The van der Waals surface area contributed by atoms with Crippen molar-refractivity contribution in [3.63, 3.8) is 0 Å². The number of nitrogens with one attached hydrogen (secondary N) is 1. The topological polar surface area (TPSA) is 17.0 Å². The van der Waals surface area contributed by atoms with Gasteiger partial charge < -0.3 is 9.88 Å². The quantitative estimate of drug-likeness (QED) is 0.213. The summed E-state index contributed by atoms with van der Waals surface area (Å²) >= 11 is 0. The third kappa shape index (κ3) is 4.73. The summed E-state index contributed by atoms with van der Waals surface area (Å²) in [4.78, 5) is 0. The first-order valence-electron chi connectivity index (χ1n) is 15.0. The monoisotopic (exact) mass is 562 g/mol. The molecule has 1 aromatic heterocycles. The van der Waals surface area contributed by atoms with Crippen LogP contribution < -0.4 is 5.32 Å². The molecule has 2 heteroatoms. The van der Waals surface area contributed by atoms with E-state index in [-0.39, 0.29) is 0 Å². The number of nitrogens with zero attached hydrogens (tertiary/aromatic N) is 1. The predicted molar refractivity (Wildman–Crippen MR) is 187 cm³/mol. The molecule has 0 amide bonds. The molecule has 1 N–H and O–H groups in total. The minimum atomic E-state index is 1.06. The molecule has 0 fully saturated rings. The van der Waals surface area contributed by atoms with Gasteiger partial charge in [0.15, 0.2) is 0 Å². The van der Waals surface area contributed by atoms with Crippen LogP contribution in [0.15, 0.2) is 176 Å². The maximum absolute atomic E-state index is 3.67. The fourth-order valence-corrected chi connectivity index (χ4v) is 6.23. The molecule has 1 heterocycles. The van der Waals surface area contributed by atoms with Crippen LogP contribution in [0, 0.1) is 0 Å². The highest BCUT2D eigenvalue weighted by molar-refractivity contribution is 6.10. The molecule has 0 saturated heterocycles. The Morgan fingerprint density at radius 3 is 1.70 bits per heavy atom. The average molecular weight is 563 g/mol. The van der Waals surface area contributed by atoms with E-state index in [4.69, 9.17) is 0 Å². The Labute approximate surface area is 257 Å². The molecule has 208 valence electrons. The molecule has 0 aliphatic carbocycles. The molecule has 0 aliphatic rings. The average Bonchev–Trinajstić information content (AvgIpc) is 3.43. The number of hydrogen-bond acceptors (Lipinski definition) is 1. The zero-order chi connectivity index (χ0) is 29.3. The maximum Gasteiger partial charge on any atom is 0.0541 e. The fourth-order valence-electron chi connectivity index (χ4n) is 6.23. The lowest BCUT2D eigenvalue weighted by Crippen LogP contribution is -1.94. The molecule has 8 aromatic rings. The van der Waals surface area contributed by atoms with Crippen molar-refractivity contribution in [2.24, 2.45) is 0 Å². The van der Waals surface area contributed by atoms with Gasteiger partial charge in [0.1, 0.15) is 0 Å². The standard InChI is InChI=1S/C42H30N2/c1-3-11-30(12-4-1)31-19-21-33(22-20-31)37-15-7-9-17-40(37)43-35-26-23-32(24-27-35)34-25-28-42-39(29-34)38-16-8-10-18-41(38)44(42)36-13-5-2-6-14-36/h1-29,43H. The summed E-state index contributed by atoms with van der Waals surface area (Å²) in [5, 5.41) is 6.19. The molecule has 8 rings (SSSR count). The van der Waals surface area contributed by atoms with Crippen molar-refractivity contribution in [2.75, 3.05) is 5.32 Å². The molecule has 0 bridgehead atoms. The third-order valence-electron chi connectivity index (χ3n) is 8.41. The number of aromatic nitrogens is 1. The molecule has 0 spiro atoms. The van der Waals surface area contributed by atoms with E-state index in [2.05, 4.69) is 186 Å². The Kier molecular flexibility index (Phi) is 6.51. The summed E-state index contributed by atoms with van der Waals surface area (Å²) in [6.45, 7) is 0. The molecule has 7 aromatic carbocycles. The van der Waals surface area contributed by atoms with Gasteiger partial charge in [-0.2, -0.15) is 0 Å². The van der Waals surface area contributed by atoms with E-state index in [0.717, 1.165) is 11.4 Å². The van der Waals surface area contributed by atoms with Crippen molar-refractivity contribution in [1.29, 1.82) is 0 Å². The first kappa shape index (κ1) is 25.8. The van der Waals surface area contributed by atoms with Crippen LogP contribution in [0.25, 0.3) is 60.9 Å². The Morgan fingerprint density at radius 2 is 0.909 bits per heavy atom. The lowest BCUT2D eigenvalue weighted by atomic mass is 9.99. The molecule has 0 atom stereocenters. The highest BCUT2D eigenvalue weighted by Gasteiger charge is 2.13.